The first-order valence-corrected chi connectivity index (χ1v) is 12.9. The number of morpholine rings is 1. The Morgan fingerprint density at radius 3 is 2.61 bits per heavy atom. The van der Waals surface area contributed by atoms with Gasteiger partial charge in [-0.05, 0) is 41.3 Å². The highest BCUT2D eigenvalue weighted by molar-refractivity contribution is 7.12. The van der Waals surface area contributed by atoms with E-state index in [4.69, 9.17) is 18.6 Å². The molecule has 10 heteroatoms. The first-order valence-electron chi connectivity index (χ1n) is 12.0. The summed E-state index contributed by atoms with van der Waals surface area (Å²) < 4.78 is 21.9. The summed E-state index contributed by atoms with van der Waals surface area (Å²) in [6.07, 6.45) is 1.59. The number of hydrogen-bond donors (Lipinski definition) is 0. The van der Waals surface area contributed by atoms with Gasteiger partial charge in [0.2, 0.25) is 12.7 Å². The quantitative estimate of drug-likeness (QED) is 0.414. The molecule has 1 saturated heterocycles. The Hall–Kier alpha value is -3.34. The van der Waals surface area contributed by atoms with Crippen LogP contribution < -0.4 is 9.47 Å². The molecular formula is C26H29N3O6S. The predicted molar refractivity (Wildman–Crippen MR) is 133 cm³/mol. The van der Waals surface area contributed by atoms with Crippen LogP contribution in [0.1, 0.15) is 21.0 Å². The molecule has 0 spiro atoms. The number of fused-ring (bicyclic) bond motifs is 1. The Labute approximate surface area is 213 Å². The van der Waals surface area contributed by atoms with Crippen molar-refractivity contribution in [2.75, 3.05) is 52.7 Å². The molecular weight excluding hydrogens is 482 g/mol. The maximum Gasteiger partial charge on any atom is 0.264 e. The van der Waals surface area contributed by atoms with E-state index < -0.39 is 0 Å². The van der Waals surface area contributed by atoms with E-state index >= 15 is 0 Å². The van der Waals surface area contributed by atoms with Crippen LogP contribution in [0.3, 0.4) is 0 Å². The van der Waals surface area contributed by atoms with Crippen molar-refractivity contribution in [1.82, 2.24) is 14.7 Å². The first kappa shape index (κ1) is 24.4. The number of nitrogens with zero attached hydrogens (tertiary/aromatic N) is 3. The lowest BCUT2D eigenvalue weighted by Crippen LogP contribution is -2.46. The van der Waals surface area contributed by atoms with Crippen molar-refractivity contribution < 1.29 is 28.2 Å². The zero-order chi connectivity index (χ0) is 24.7. The Bertz CT molecular complexity index is 1140. The van der Waals surface area contributed by atoms with Crippen LogP contribution in [-0.4, -0.2) is 79.2 Å². The van der Waals surface area contributed by atoms with Crippen molar-refractivity contribution in [3.05, 3.63) is 70.3 Å². The van der Waals surface area contributed by atoms with Gasteiger partial charge in [-0.1, -0.05) is 12.1 Å². The smallest absolute Gasteiger partial charge is 0.264 e. The Kier molecular flexibility index (Phi) is 7.85. The standard InChI is InChI=1S/C26H29N3O6S/c30-25(18-28(26(31)24-4-2-14-36-24)8-7-27-9-12-32-13-10-27)29(17-21-3-1-11-33-21)16-20-5-6-22-23(15-20)35-19-34-22/h1-6,11,14-15H,7-10,12-13,16-19H2. The summed E-state index contributed by atoms with van der Waals surface area (Å²) in [5, 5.41) is 1.87. The summed E-state index contributed by atoms with van der Waals surface area (Å²) in [6, 6.07) is 12.9. The van der Waals surface area contributed by atoms with Gasteiger partial charge in [0.25, 0.3) is 5.91 Å². The Morgan fingerprint density at radius 2 is 1.83 bits per heavy atom. The normalized spacial score (nSPS) is 15.1. The zero-order valence-electron chi connectivity index (χ0n) is 20.0. The summed E-state index contributed by atoms with van der Waals surface area (Å²) in [4.78, 5) is 33.2. The van der Waals surface area contributed by atoms with E-state index in [0.29, 0.717) is 61.5 Å². The molecule has 2 aromatic heterocycles. The van der Waals surface area contributed by atoms with E-state index in [2.05, 4.69) is 4.90 Å². The molecule has 0 N–H and O–H groups in total. The molecule has 2 amide bonds. The number of amides is 2. The van der Waals surface area contributed by atoms with Gasteiger partial charge in [-0.2, -0.15) is 0 Å². The van der Waals surface area contributed by atoms with Gasteiger partial charge in [0, 0.05) is 32.7 Å². The molecule has 0 bridgehead atoms. The van der Waals surface area contributed by atoms with E-state index in [1.165, 1.54) is 11.3 Å². The molecule has 1 fully saturated rings. The second-order valence-corrected chi connectivity index (χ2v) is 9.62. The van der Waals surface area contributed by atoms with Crippen LogP contribution in [0.25, 0.3) is 0 Å². The third-order valence-electron chi connectivity index (χ3n) is 6.23. The van der Waals surface area contributed by atoms with E-state index in [1.54, 1.807) is 28.2 Å². The van der Waals surface area contributed by atoms with Gasteiger partial charge in [-0.3, -0.25) is 14.5 Å². The average Bonchev–Trinajstić information content (AvgIpc) is 3.69. The molecule has 2 aliphatic rings. The molecule has 3 aromatic rings. The van der Waals surface area contributed by atoms with Crippen molar-refractivity contribution in [3.8, 4) is 11.5 Å². The summed E-state index contributed by atoms with van der Waals surface area (Å²) in [6.45, 7) is 4.98. The molecule has 2 aliphatic heterocycles. The molecule has 4 heterocycles. The minimum atomic E-state index is -0.157. The van der Waals surface area contributed by atoms with E-state index in [9.17, 15) is 9.59 Å². The van der Waals surface area contributed by atoms with E-state index in [-0.39, 0.29) is 25.2 Å². The van der Waals surface area contributed by atoms with Crippen molar-refractivity contribution in [3.63, 3.8) is 0 Å². The van der Waals surface area contributed by atoms with Gasteiger partial charge in [0.1, 0.15) is 12.3 Å². The molecule has 1 aromatic carbocycles. The van der Waals surface area contributed by atoms with Gasteiger partial charge in [0.15, 0.2) is 11.5 Å². The van der Waals surface area contributed by atoms with Crippen LogP contribution in [-0.2, 0) is 22.6 Å². The first-order chi connectivity index (χ1) is 17.7. The number of furan rings is 1. The van der Waals surface area contributed by atoms with Crippen molar-refractivity contribution in [2.45, 2.75) is 13.1 Å². The summed E-state index contributed by atoms with van der Waals surface area (Å²) in [5.74, 6) is 1.74. The van der Waals surface area contributed by atoms with Crippen molar-refractivity contribution in [1.29, 1.82) is 0 Å². The Morgan fingerprint density at radius 1 is 0.972 bits per heavy atom. The minimum absolute atomic E-state index is 0.0215. The number of carbonyl (C=O) groups is 2. The highest BCUT2D eigenvalue weighted by Crippen LogP contribution is 2.33. The monoisotopic (exact) mass is 511 g/mol. The lowest BCUT2D eigenvalue weighted by molar-refractivity contribution is -0.133. The van der Waals surface area contributed by atoms with Crippen LogP contribution in [0.15, 0.2) is 58.5 Å². The minimum Gasteiger partial charge on any atom is -0.467 e. The molecule has 0 atom stereocenters. The van der Waals surface area contributed by atoms with Crippen LogP contribution in [0.4, 0.5) is 0 Å². The fourth-order valence-corrected chi connectivity index (χ4v) is 4.93. The fourth-order valence-electron chi connectivity index (χ4n) is 4.24. The van der Waals surface area contributed by atoms with Crippen molar-refractivity contribution in [2.24, 2.45) is 0 Å². The van der Waals surface area contributed by atoms with E-state index in [1.807, 2.05) is 35.7 Å². The van der Waals surface area contributed by atoms with Gasteiger partial charge >= 0.3 is 0 Å². The number of rotatable bonds is 10. The highest BCUT2D eigenvalue weighted by atomic mass is 32.1. The number of ether oxygens (including phenoxy) is 3. The zero-order valence-corrected chi connectivity index (χ0v) is 20.8. The van der Waals surface area contributed by atoms with Gasteiger partial charge < -0.3 is 28.4 Å². The second-order valence-electron chi connectivity index (χ2n) is 8.67. The van der Waals surface area contributed by atoms with Crippen LogP contribution in [0.2, 0.25) is 0 Å². The third kappa shape index (κ3) is 6.07. The van der Waals surface area contributed by atoms with Crippen LogP contribution in [0, 0.1) is 0 Å². The molecule has 36 heavy (non-hydrogen) atoms. The van der Waals surface area contributed by atoms with Crippen LogP contribution in [0.5, 0.6) is 11.5 Å². The SMILES string of the molecule is O=C(CN(CCN1CCOCC1)C(=O)c1cccs1)N(Cc1ccc2c(c1)OCO2)Cc1ccco1. The maximum absolute atomic E-state index is 13.6. The average molecular weight is 512 g/mol. The lowest BCUT2D eigenvalue weighted by Gasteiger charge is -2.31. The molecule has 190 valence electrons. The highest BCUT2D eigenvalue weighted by Gasteiger charge is 2.25. The molecule has 5 rings (SSSR count). The topological polar surface area (TPSA) is 84.7 Å². The van der Waals surface area contributed by atoms with Gasteiger partial charge in [-0.25, -0.2) is 0 Å². The van der Waals surface area contributed by atoms with Crippen molar-refractivity contribution >= 4 is 23.2 Å². The maximum atomic E-state index is 13.6. The molecule has 0 aliphatic carbocycles. The molecule has 0 unspecified atom stereocenters. The van der Waals surface area contributed by atoms with Gasteiger partial charge in [-0.15, -0.1) is 11.3 Å². The van der Waals surface area contributed by atoms with E-state index in [0.717, 1.165) is 18.7 Å². The van der Waals surface area contributed by atoms with Crippen LogP contribution >= 0.6 is 11.3 Å². The number of hydrogen-bond acceptors (Lipinski definition) is 8. The number of thiophene rings is 1. The largest absolute Gasteiger partial charge is 0.467 e. The number of benzene rings is 1. The lowest BCUT2D eigenvalue weighted by atomic mass is 10.2. The second kappa shape index (κ2) is 11.6. The predicted octanol–water partition coefficient (Wildman–Crippen LogP) is 3.07. The Balaban J connectivity index is 1.32. The third-order valence-corrected chi connectivity index (χ3v) is 7.08. The summed E-state index contributed by atoms with van der Waals surface area (Å²) in [5.41, 5.74) is 0.906. The summed E-state index contributed by atoms with van der Waals surface area (Å²) >= 11 is 1.38. The molecule has 0 saturated carbocycles. The number of carbonyl (C=O) groups excluding carboxylic acids is 2. The fraction of sp³-hybridized carbons (Fsp3) is 0.385. The summed E-state index contributed by atoms with van der Waals surface area (Å²) in [7, 11) is 0. The molecule has 9 nitrogen and oxygen atoms in total. The molecule has 0 radical (unpaired) electrons. The van der Waals surface area contributed by atoms with Gasteiger partial charge in [0.05, 0.1) is 30.9 Å².